The number of halogens is 1. The third-order valence-electron chi connectivity index (χ3n) is 2.80. The molecule has 2 aromatic heterocycles. The van der Waals surface area contributed by atoms with Crippen LogP contribution < -0.4 is 5.73 Å². The summed E-state index contributed by atoms with van der Waals surface area (Å²) in [5.41, 5.74) is 7.76. The Labute approximate surface area is 116 Å². The zero-order chi connectivity index (χ0) is 13.1. The molecule has 0 fully saturated rings. The summed E-state index contributed by atoms with van der Waals surface area (Å²) >= 11 is 0. The monoisotopic (exact) mass is 285 g/mol. The van der Waals surface area contributed by atoms with E-state index in [1.54, 1.807) is 0 Å². The quantitative estimate of drug-likeness (QED) is 0.852. The minimum Gasteiger partial charge on any atom is -0.481 e. The molecule has 0 aliphatic rings. The van der Waals surface area contributed by atoms with Crippen LogP contribution in [0.5, 0.6) is 0 Å². The van der Waals surface area contributed by atoms with Crippen LogP contribution >= 0.6 is 12.4 Å². The molecule has 0 saturated heterocycles. The predicted octanol–water partition coefficient (Wildman–Crippen LogP) is 1.10. The van der Waals surface area contributed by atoms with Crippen molar-refractivity contribution < 1.29 is 9.90 Å². The predicted molar refractivity (Wildman–Crippen MR) is 72.4 cm³/mol. The fourth-order valence-corrected chi connectivity index (χ4v) is 1.93. The first-order valence-corrected chi connectivity index (χ1v) is 5.82. The Hall–Kier alpha value is -1.89. The number of rotatable bonds is 5. The number of carbonyl (C=O) groups is 1. The van der Waals surface area contributed by atoms with Gasteiger partial charge in [0.05, 0.1) is 5.69 Å². The number of nitrogens with zero attached hydrogens (tertiary/aromatic N) is 4. The molecule has 0 aliphatic carbocycles. The molecule has 19 heavy (non-hydrogen) atoms. The Bertz CT molecular complexity index is 584. The fourth-order valence-electron chi connectivity index (χ4n) is 1.93. The molecule has 3 N–H and O–H groups in total. The summed E-state index contributed by atoms with van der Waals surface area (Å²) in [6.45, 7) is 1.98. The van der Waals surface area contributed by atoms with E-state index in [1.807, 2.05) is 6.92 Å². The van der Waals surface area contributed by atoms with Gasteiger partial charge in [-0.2, -0.15) is 14.6 Å². The second kappa shape index (κ2) is 6.33. The number of carboxylic acids is 1. The molecular weight excluding hydrogens is 270 g/mol. The lowest BCUT2D eigenvalue weighted by atomic mass is 10.1. The molecule has 0 aromatic carbocycles. The van der Waals surface area contributed by atoms with Crippen molar-refractivity contribution >= 4 is 30.0 Å². The molecule has 104 valence electrons. The second-order valence-corrected chi connectivity index (χ2v) is 3.99. The first-order chi connectivity index (χ1) is 8.63. The number of hydrogen-bond acceptors (Lipinski definition) is 5. The molecule has 0 amide bonds. The summed E-state index contributed by atoms with van der Waals surface area (Å²) in [6, 6.07) is 0. The van der Waals surface area contributed by atoms with Gasteiger partial charge in [0, 0.05) is 12.0 Å². The van der Waals surface area contributed by atoms with Gasteiger partial charge in [0.1, 0.15) is 12.1 Å². The van der Waals surface area contributed by atoms with Gasteiger partial charge in [-0.25, -0.2) is 4.98 Å². The Balaban J connectivity index is 0.00000180. The van der Waals surface area contributed by atoms with Crippen LogP contribution in [0.15, 0.2) is 6.33 Å². The third-order valence-corrected chi connectivity index (χ3v) is 2.80. The van der Waals surface area contributed by atoms with Crippen molar-refractivity contribution in [3.8, 4) is 0 Å². The summed E-state index contributed by atoms with van der Waals surface area (Å²) in [5, 5.41) is 12.7. The van der Waals surface area contributed by atoms with E-state index >= 15 is 0 Å². The average molecular weight is 286 g/mol. The van der Waals surface area contributed by atoms with Crippen LogP contribution in [0.3, 0.4) is 0 Å². The molecule has 0 bridgehead atoms. The van der Waals surface area contributed by atoms with Crippen LogP contribution in [0.2, 0.25) is 0 Å². The maximum absolute atomic E-state index is 10.5. The molecule has 8 heteroatoms. The highest BCUT2D eigenvalue weighted by Crippen LogP contribution is 2.19. The number of anilines is 1. The zero-order valence-electron chi connectivity index (χ0n) is 10.5. The Morgan fingerprint density at radius 3 is 2.89 bits per heavy atom. The largest absolute Gasteiger partial charge is 0.481 e. The number of nitrogens with two attached hydrogens (primary N) is 1. The van der Waals surface area contributed by atoms with E-state index in [4.69, 9.17) is 10.8 Å². The van der Waals surface area contributed by atoms with Crippen molar-refractivity contribution in [3.63, 3.8) is 0 Å². The number of fused-ring (bicyclic) bond motifs is 1. The van der Waals surface area contributed by atoms with Gasteiger partial charge in [-0.15, -0.1) is 12.4 Å². The van der Waals surface area contributed by atoms with Gasteiger partial charge in [0.15, 0.2) is 0 Å². The number of nitrogen functional groups attached to an aromatic ring is 1. The zero-order valence-corrected chi connectivity index (χ0v) is 11.4. The summed E-state index contributed by atoms with van der Waals surface area (Å²) < 4.78 is 1.48. The molecule has 0 radical (unpaired) electrons. The molecule has 0 saturated carbocycles. The first-order valence-electron chi connectivity index (χ1n) is 5.82. The standard InChI is InChI=1S/C11H15N5O2.ClH/c1-2-8-7(4-3-5-9(17)18)10(12)16-11(15-8)13-6-14-16;/h6H,2-5,12H2,1H3,(H,17,18);1H. The normalized spacial score (nSPS) is 10.4. The van der Waals surface area contributed by atoms with Gasteiger partial charge in [-0.05, 0) is 19.3 Å². The average Bonchev–Trinajstić information content (AvgIpc) is 2.79. The number of hydrogen-bond donors (Lipinski definition) is 2. The lowest BCUT2D eigenvalue weighted by Crippen LogP contribution is -2.10. The van der Waals surface area contributed by atoms with E-state index in [-0.39, 0.29) is 18.8 Å². The van der Waals surface area contributed by atoms with Crippen molar-refractivity contribution in [1.82, 2.24) is 19.6 Å². The lowest BCUT2D eigenvalue weighted by molar-refractivity contribution is -0.137. The van der Waals surface area contributed by atoms with Crippen LogP contribution in [0.25, 0.3) is 5.78 Å². The van der Waals surface area contributed by atoms with Crippen LogP contribution in [-0.4, -0.2) is 30.7 Å². The smallest absolute Gasteiger partial charge is 0.303 e. The first kappa shape index (κ1) is 15.2. The van der Waals surface area contributed by atoms with Crippen LogP contribution in [0.4, 0.5) is 5.82 Å². The minimum absolute atomic E-state index is 0. The Morgan fingerprint density at radius 1 is 1.53 bits per heavy atom. The highest BCUT2D eigenvalue weighted by atomic mass is 35.5. The molecular formula is C11H16ClN5O2. The molecule has 0 aliphatic heterocycles. The van der Waals surface area contributed by atoms with E-state index < -0.39 is 5.97 Å². The molecule has 0 spiro atoms. The van der Waals surface area contributed by atoms with Gasteiger partial charge < -0.3 is 10.8 Å². The molecule has 2 heterocycles. The molecule has 0 unspecified atom stereocenters. The highest BCUT2D eigenvalue weighted by Gasteiger charge is 2.13. The number of carboxylic acid groups (broad SMARTS) is 1. The topological polar surface area (TPSA) is 106 Å². The van der Waals surface area contributed by atoms with Gasteiger partial charge >= 0.3 is 5.97 Å². The van der Waals surface area contributed by atoms with Crippen molar-refractivity contribution in [3.05, 3.63) is 17.6 Å². The van der Waals surface area contributed by atoms with E-state index in [0.29, 0.717) is 24.4 Å². The SMILES string of the molecule is CCc1nc2ncnn2c(N)c1CCCC(=O)O.Cl. The Morgan fingerprint density at radius 2 is 2.26 bits per heavy atom. The van der Waals surface area contributed by atoms with Crippen LogP contribution in [0.1, 0.15) is 31.0 Å². The lowest BCUT2D eigenvalue weighted by Gasteiger charge is -2.10. The summed E-state index contributed by atoms with van der Waals surface area (Å²) in [7, 11) is 0. The minimum atomic E-state index is -0.804. The highest BCUT2D eigenvalue weighted by molar-refractivity contribution is 5.85. The van der Waals surface area contributed by atoms with E-state index in [1.165, 1.54) is 10.8 Å². The van der Waals surface area contributed by atoms with Crippen molar-refractivity contribution in [2.45, 2.75) is 32.6 Å². The molecule has 0 atom stereocenters. The maximum Gasteiger partial charge on any atom is 0.303 e. The maximum atomic E-state index is 10.5. The van der Waals surface area contributed by atoms with Crippen LogP contribution in [0, 0.1) is 0 Å². The number of aliphatic carboxylic acids is 1. The third kappa shape index (κ3) is 3.11. The summed E-state index contributed by atoms with van der Waals surface area (Å²) in [6.07, 6.45) is 3.38. The van der Waals surface area contributed by atoms with Gasteiger partial charge in [-0.1, -0.05) is 6.92 Å². The molecule has 2 rings (SSSR count). The van der Waals surface area contributed by atoms with Gasteiger partial charge in [0.2, 0.25) is 0 Å². The van der Waals surface area contributed by atoms with E-state index in [9.17, 15) is 4.79 Å². The second-order valence-electron chi connectivity index (χ2n) is 3.99. The molecule has 2 aromatic rings. The van der Waals surface area contributed by atoms with Gasteiger partial charge in [-0.3, -0.25) is 4.79 Å². The Kier molecular flexibility index (Phi) is 5.05. The van der Waals surface area contributed by atoms with E-state index in [0.717, 1.165) is 17.7 Å². The molecule has 7 nitrogen and oxygen atoms in total. The van der Waals surface area contributed by atoms with E-state index in [2.05, 4.69) is 15.1 Å². The fraction of sp³-hybridized carbons (Fsp3) is 0.455. The van der Waals surface area contributed by atoms with Crippen LogP contribution in [-0.2, 0) is 17.6 Å². The number of aromatic nitrogens is 4. The number of aryl methyl sites for hydroxylation is 1. The van der Waals surface area contributed by atoms with Gasteiger partial charge in [0.25, 0.3) is 5.78 Å². The summed E-state index contributed by atoms with van der Waals surface area (Å²) in [5.74, 6) is 0.174. The van der Waals surface area contributed by atoms with Crippen molar-refractivity contribution in [1.29, 1.82) is 0 Å². The van der Waals surface area contributed by atoms with Crippen molar-refractivity contribution in [2.24, 2.45) is 0 Å². The van der Waals surface area contributed by atoms with Crippen molar-refractivity contribution in [2.75, 3.05) is 5.73 Å². The summed E-state index contributed by atoms with van der Waals surface area (Å²) in [4.78, 5) is 18.9.